The molecule has 6 nitrogen and oxygen atoms in total. The molecule has 1 aliphatic heterocycles. The number of hydrogen-bond acceptors (Lipinski definition) is 5. The number of benzene rings is 1. The van der Waals surface area contributed by atoms with Gasteiger partial charge in [0.25, 0.3) is 0 Å². The number of methoxy groups -OCH3 is 1. The molecule has 0 bridgehead atoms. The molecule has 3 heterocycles. The Morgan fingerprint density at radius 3 is 3.00 bits per heavy atom. The van der Waals surface area contributed by atoms with Crippen molar-refractivity contribution in [1.29, 1.82) is 0 Å². The number of halogens is 1. The van der Waals surface area contributed by atoms with Gasteiger partial charge in [-0.25, -0.2) is 4.98 Å². The van der Waals surface area contributed by atoms with Crippen LogP contribution in [0.3, 0.4) is 0 Å². The number of phenolic OH excluding ortho intramolecular Hbond substituents is 1. The van der Waals surface area contributed by atoms with Gasteiger partial charge in [0.05, 0.1) is 13.2 Å². The SMILES string of the molecule is COc1ccc(-c2nc3ccc(Br)cn3c2NCC2CCCO2)cc1O. The van der Waals surface area contributed by atoms with E-state index in [0.29, 0.717) is 5.75 Å². The zero-order chi connectivity index (χ0) is 18.1. The number of fused-ring (bicyclic) bond motifs is 1. The number of rotatable bonds is 5. The highest BCUT2D eigenvalue weighted by atomic mass is 79.9. The van der Waals surface area contributed by atoms with Gasteiger partial charge < -0.3 is 19.9 Å². The molecule has 0 aliphatic carbocycles. The minimum absolute atomic E-state index is 0.0910. The Hall–Kier alpha value is -2.25. The van der Waals surface area contributed by atoms with Gasteiger partial charge in [0.1, 0.15) is 17.2 Å². The fourth-order valence-corrected chi connectivity index (χ4v) is 3.58. The molecule has 0 spiro atoms. The zero-order valence-corrected chi connectivity index (χ0v) is 16.0. The Kier molecular flexibility index (Phi) is 4.74. The maximum absolute atomic E-state index is 10.2. The van der Waals surface area contributed by atoms with Crippen LogP contribution in [-0.2, 0) is 4.74 Å². The smallest absolute Gasteiger partial charge is 0.160 e. The number of anilines is 1. The summed E-state index contributed by atoms with van der Waals surface area (Å²) < 4.78 is 13.8. The van der Waals surface area contributed by atoms with Gasteiger partial charge in [0.15, 0.2) is 11.5 Å². The van der Waals surface area contributed by atoms with Crippen LogP contribution in [0, 0.1) is 0 Å². The maximum atomic E-state index is 10.2. The minimum Gasteiger partial charge on any atom is -0.504 e. The number of phenols is 1. The van der Waals surface area contributed by atoms with Crippen molar-refractivity contribution in [3.63, 3.8) is 0 Å². The Morgan fingerprint density at radius 2 is 2.27 bits per heavy atom. The van der Waals surface area contributed by atoms with Gasteiger partial charge in [-0.3, -0.25) is 4.40 Å². The second kappa shape index (κ2) is 7.17. The van der Waals surface area contributed by atoms with Crippen molar-refractivity contribution in [2.45, 2.75) is 18.9 Å². The first-order valence-corrected chi connectivity index (χ1v) is 9.35. The number of ether oxygens (including phenoxy) is 2. The first-order chi connectivity index (χ1) is 12.7. The molecule has 136 valence electrons. The van der Waals surface area contributed by atoms with Crippen molar-refractivity contribution < 1.29 is 14.6 Å². The summed E-state index contributed by atoms with van der Waals surface area (Å²) in [5, 5.41) is 13.7. The van der Waals surface area contributed by atoms with Crippen molar-refractivity contribution in [3.05, 3.63) is 41.0 Å². The molecular weight excluding hydrogens is 398 g/mol. The lowest BCUT2D eigenvalue weighted by Gasteiger charge is -2.13. The van der Waals surface area contributed by atoms with Gasteiger partial charge in [-0.05, 0) is 59.1 Å². The van der Waals surface area contributed by atoms with Gasteiger partial charge in [-0.1, -0.05) is 0 Å². The van der Waals surface area contributed by atoms with E-state index >= 15 is 0 Å². The van der Waals surface area contributed by atoms with E-state index in [1.54, 1.807) is 12.1 Å². The Balaban J connectivity index is 1.77. The number of pyridine rings is 1. The molecule has 1 saturated heterocycles. The van der Waals surface area contributed by atoms with Crippen molar-refractivity contribution >= 4 is 27.4 Å². The number of aromatic hydroxyl groups is 1. The highest BCUT2D eigenvalue weighted by Gasteiger charge is 2.19. The van der Waals surface area contributed by atoms with Crippen LogP contribution in [0.4, 0.5) is 5.82 Å². The lowest BCUT2D eigenvalue weighted by Crippen LogP contribution is -2.19. The fraction of sp³-hybridized carbons (Fsp3) is 0.316. The van der Waals surface area contributed by atoms with Crippen molar-refractivity contribution in [3.8, 4) is 22.8 Å². The quantitative estimate of drug-likeness (QED) is 0.654. The third-order valence-electron chi connectivity index (χ3n) is 4.56. The van der Waals surface area contributed by atoms with Crippen LogP contribution >= 0.6 is 15.9 Å². The average molecular weight is 418 g/mol. The predicted octanol–water partition coefficient (Wildman–Crippen LogP) is 4.07. The van der Waals surface area contributed by atoms with Gasteiger partial charge in [0.2, 0.25) is 0 Å². The highest BCUT2D eigenvalue weighted by Crippen LogP contribution is 2.35. The van der Waals surface area contributed by atoms with Crippen LogP contribution in [0.2, 0.25) is 0 Å². The Labute approximate surface area is 159 Å². The molecule has 2 N–H and O–H groups in total. The highest BCUT2D eigenvalue weighted by molar-refractivity contribution is 9.10. The topological polar surface area (TPSA) is 68.0 Å². The first kappa shape index (κ1) is 17.2. The monoisotopic (exact) mass is 417 g/mol. The fourth-order valence-electron chi connectivity index (χ4n) is 3.24. The van der Waals surface area contributed by atoms with Crippen LogP contribution < -0.4 is 10.1 Å². The Bertz CT molecular complexity index is 935. The number of aromatic nitrogens is 2. The number of nitrogens with one attached hydrogen (secondary N) is 1. The summed E-state index contributed by atoms with van der Waals surface area (Å²) in [6.07, 6.45) is 4.36. The third kappa shape index (κ3) is 3.24. The molecule has 7 heteroatoms. The van der Waals surface area contributed by atoms with Crippen LogP contribution in [-0.4, -0.2) is 40.9 Å². The van der Waals surface area contributed by atoms with E-state index in [-0.39, 0.29) is 11.9 Å². The zero-order valence-electron chi connectivity index (χ0n) is 14.4. The number of imidazole rings is 1. The van der Waals surface area contributed by atoms with Crippen molar-refractivity contribution in [2.75, 3.05) is 25.6 Å². The molecule has 0 radical (unpaired) electrons. The van der Waals surface area contributed by atoms with Crippen LogP contribution in [0.1, 0.15) is 12.8 Å². The van der Waals surface area contributed by atoms with E-state index in [9.17, 15) is 5.11 Å². The van der Waals surface area contributed by atoms with E-state index in [4.69, 9.17) is 14.5 Å². The van der Waals surface area contributed by atoms with Crippen LogP contribution in [0.5, 0.6) is 11.5 Å². The molecule has 1 fully saturated rings. The summed E-state index contributed by atoms with van der Waals surface area (Å²) in [5.41, 5.74) is 2.42. The molecule has 4 rings (SSSR count). The Morgan fingerprint density at radius 1 is 1.38 bits per heavy atom. The van der Waals surface area contributed by atoms with E-state index in [2.05, 4.69) is 21.2 Å². The largest absolute Gasteiger partial charge is 0.504 e. The number of hydrogen-bond donors (Lipinski definition) is 2. The lowest BCUT2D eigenvalue weighted by molar-refractivity contribution is 0.120. The van der Waals surface area contributed by atoms with Gasteiger partial charge in [-0.15, -0.1) is 0 Å². The van der Waals surface area contributed by atoms with Gasteiger partial charge >= 0.3 is 0 Å². The van der Waals surface area contributed by atoms with E-state index in [1.165, 1.54) is 7.11 Å². The molecule has 1 atom stereocenters. The molecule has 1 aliphatic rings. The summed E-state index contributed by atoms with van der Waals surface area (Å²) in [6.45, 7) is 1.54. The molecule has 26 heavy (non-hydrogen) atoms. The second-order valence-corrected chi connectivity index (χ2v) is 7.20. The maximum Gasteiger partial charge on any atom is 0.160 e. The average Bonchev–Trinajstić information content (AvgIpc) is 3.27. The normalized spacial score (nSPS) is 16.9. The minimum atomic E-state index is 0.0910. The van der Waals surface area contributed by atoms with E-state index in [0.717, 1.165) is 53.2 Å². The summed E-state index contributed by atoms with van der Waals surface area (Å²) >= 11 is 3.52. The molecular formula is C19H20BrN3O3. The van der Waals surface area contributed by atoms with E-state index < -0.39 is 0 Å². The van der Waals surface area contributed by atoms with Crippen LogP contribution in [0.25, 0.3) is 16.9 Å². The summed E-state index contributed by atoms with van der Waals surface area (Å²) in [7, 11) is 1.53. The molecule has 1 aromatic carbocycles. The molecule has 1 unspecified atom stereocenters. The second-order valence-electron chi connectivity index (χ2n) is 6.29. The van der Waals surface area contributed by atoms with Crippen molar-refractivity contribution in [1.82, 2.24) is 9.38 Å². The molecule has 0 saturated carbocycles. The predicted molar refractivity (Wildman–Crippen MR) is 104 cm³/mol. The van der Waals surface area contributed by atoms with E-state index in [1.807, 2.05) is 28.8 Å². The molecule has 3 aromatic rings. The first-order valence-electron chi connectivity index (χ1n) is 8.56. The third-order valence-corrected chi connectivity index (χ3v) is 5.02. The standard InChI is InChI=1S/C19H20BrN3O3/c1-25-16-6-4-12(9-15(16)24)18-19(21-10-14-3-2-8-26-14)23-11-13(20)5-7-17(23)22-18/h4-7,9,11,14,21,24H,2-3,8,10H2,1H3. The van der Waals surface area contributed by atoms with Gasteiger partial charge in [0, 0.05) is 29.4 Å². The van der Waals surface area contributed by atoms with Crippen molar-refractivity contribution in [2.24, 2.45) is 0 Å². The summed E-state index contributed by atoms with van der Waals surface area (Å²) in [6, 6.07) is 9.23. The summed E-state index contributed by atoms with van der Waals surface area (Å²) in [4.78, 5) is 4.75. The molecule has 2 aromatic heterocycles. The van der Waals surface area contributed by atoms with Crippen LogP contribution in [0.15, 0.2) is 41.0 Å². The summed E-state index contributed by atoms with van der Waals surface area (Å²) in [5.74, 6) is 1.41. The lowest BCUT2D eigenvalue weighted by atomic mass is 10.1. The number of nitrogens with zero attached hydrogens (tertiary/aromatic N) is 2. The molecule has 0 amide bonds. The van der Waals surface area contributed by atoms with Gasteiger partial charge in [-0.2, -0.15) is 0 Å².